The second-order valence-corrected chi connectivity index (χ2v) is 3.57. The van der Waals surface area contributed by atoms with Gasteiger partial charge in [-0.1, -0.05) is 17.7 Å². The van der Waals surface area contributed by atoms with E-state index in [-0.39, 0.29) is 5.91 Å². The van der Waals surface area contributed by atoms with Crippen LogP contribution in [0.5, 0.6) is 0 Å². The molecule has 0 bridgehead atoms. The van der Waals surface area contributed by atoms with Crippen molar-refractivity contribution in [2.24, 2.45) is 5.10 Å². The van der Waals surface area contributed by atoms with Gasteiger partial charge in [0.1, 0.15) is 0 Å². The minimum absolute atomic E-state index is 0.0440. The third-order valence-corrected chi connectivity index (χ3v) is 2.35. The molecule has 0 saturated carbocycles. The first-order chi connectivity index (χ1) is 6.68. The van der Waals surface area contributed by atoms with Crippen LogP contribution in [0.15, 0.2) is 23.3 Å². The molecule has 1 heterocycles. The fourth-order valence-electron chi connectivity index (χ4n) is 1.33. The molecule has 0 radical (unpaired) electrons. The number of anilines is 1. The van der Waals surface area contributed by atoms with Gasteiger partial charge < -0.3 is 0 Å². The molecule has 1 aromatic carbocycles. The number of halogens is 1. The Morgan fingerprint density at radius 1 is 1.50 bits per heavy atom. The predicted octanol–water partition coefficient (Wildman–Crippen LogP) is 2.37. The maximum absolute atomic E-state index is 11.4. The molecule has 0 N–H and O–H groups in total. The van der Waals surface area contributed by atoms with E-state index in [1.807, 2.05) is 19.1 Å². The van der Waals surface area contributed by atoms with Crippen LogP contribution in [0.1, 0.15) is 12.0 Å². The molecular weight excluding hydrogens is 200 g/mol. The van der Waals surface area contributed by atoms with Gasteiger partial charge in [0.15, 0.2) is 0 Å². The standard InChI is InChI=1S/C10H9ClN2O/c1-7-2-3-8(11)9(6-7)13-10(14)4-5-12-13/h2-3,5-6H,4H2,1H3. The molecule has 0 aliphatic carbocycles. The Bertz CT molecular complexity index is 415. The van der Waals surface area contributed by atoms with Gasteiger partial charge in [0, 0.05) is 6.21 Å². The normalized spacial score (nSPS) is 15.3. The minimum Gasteiger partial charge on any atom is -0.272 e. The average molecular weight is 209 g/mol. The highest BCUT2D eigenvalue weighted by atomic mass is 35.5. The maximum Gasteiger partial charge on any atom is 0.252 e. The summed E-state index contributed by atoms with van der Waals surface area (Å²) in [4.78, 5) is 11.4. The van der Waals surface area contributed by atoms with Crippen LogP contribution in [0.3, 0.4) is 0 Å². The van der Waals surface area contributed by atoms with E-state index in [0.717, 1.165) is 5.56 Å². The van der Waals surface area contributed by atoms with Crippen molar-refractivity contribution in [1.82, 2.24) is 0 Å². The molecule has 14 heavy (non-hydrogen) atoms. The van der Waals surface area contributed by atoms with Crippen LogP contribution >= 0.6 is 11.6 Å². The number of aryl methyl sites for hydroxylation is 1. The summed E-state index contributed by atoms with van der Waals surface area (Å²) in [6.07, 6.45) is 1.94. The molecule has 3 nitrogen and oxygen atoms in total. The van der Waals surface area contributed by atoms with Crippen molar-refractivity contribution >= 4 is 29.4 Å². The molecule has 0 fully saturated rings. The molecule has 0 atom stereocenters. The van der Waals surface area contributed by atoms with Crippen LogP contribution in [0.2, 0.25) is 5.02 Å². The predicted molar refractivity (Wildman–Crippen MR) is 56.8 cm³/mol. The maximum atomic E-state index is 11.4. The van der Waals surface area contributed by atoms with E-state index in [0.29, 0.717) is 17.1 Å². The summed E-state index contributed by atoms with van der Waals surface area (Å²) in [6.45, 7) is 1.95. The molecule has 1 aromatic rings. The van der Waals surface area contributed by atoms with E-state index in [1.165, 1.54) is 5.01 Å². The number of rotatable bonds is 1. The van der Waals surface area contributed by atoms with Crippen LogP contribution in [-0.4, -0.2) is 12.1 Å². The second-order valence-electron chi connectivity index (χ2n) is 3.16. The van der Waals surface area contributed by atoms with Crippen LogP contribution in [0.25, 0.3) is 0 Å². The fraction of sp³-hybridized carbons (Fsp3) is 0.200. The fourth-order valence-corrected chi connectivity index (χ4v) is 1.53. The van der Waals surface area contributed by atoms with Gasteiger partial charge in [-0.3, -0.25) is 4.79 Å². The van der Waals surface area contributed by atoms with E-state index in [4.69, 9.17) is 11.6 Å². The van der Waals surface area contributed by atoms with Crippen LogP contribution < -0.4 is 5.01 Å². The first-order valence-electron chi connectivity index (χ1n) is 4.30. The zero-order valence-electron chi connectivity index (χ0n) is 7.70. The molecule has 0 aromatic heterocycles. The number of hydrogen-bond acceptors (Lipinski definition) is 2. The van der Waals surface area contributed by atoms with Crippen molar-refractivity contribution in [2.45, 2.75) is 13.3 Å². The Morgan fingerprint density at radius 2 is 2.29 bits per heavy atom. The molecule has 1 amide bonds. The molecule has 72 valence electrons. The van der Waals surface area contributed by atoms with Crippen molar-refractivity contribution in [3.63, 3.8) is 0 Å². The van der Waals surface area contributed by atoms with Gasteiger partial charge in [-0.2, -0.15) is 10.1 Å². The summed E-state index contributed by atoms with van der Waals surface area (Å²) in [7, 11) is 0. The van der Waals surface area contributed by atoms with Crippen LogP contribution in [0.4, 0.5) is 5.69 Å². The molecule has 0 spiro atoms. The van der Waals surface area contributed by atoms with Crippen molar-refractivity contribution in [3.05, 3.63) is 28.8 Å². The lowest BCUT2D eigenvalue weighted by Crippen LogP contribution is -2.19. The van der Waals surface area contributed by atoms with E-state index in [2.05, 4.69) is 5.10 Å². The van der Waals surface area contributed by atoms with Crippen molar-refractivity contribution < 1.29 is 4.79 Å². The lowest BCUT2D eigenvalue weighted by atomic mass is 10.2. The zero-order valence-corrected chi connectivity index (χ0v) is 8.45. The number of carbonyl (C=O) groups is 1. The Hall–Kier alpha value is -1.35. The van der Waals surface area contributed by atoms with E-state index in [1.54, 1.807) is 12.3 Å². The number of nitrogens with zero attached hydrogens (tertiary/aromatic N) is 2. The van der Waals surface area contributed by atoms with Gasteiger partial charge in [-0.25, -0.2) is 0 Å². The highest BCUT2D eigenvalue weighted by molar-refractivity contribution is 6.34. The summed E-state index contributed by atoms with van der Waals surface area (Å²) in [5.74, 6) is -0.0440. The largest absolute Gasteiger partial charge is 0.272 e. The highest BCUT2D eigenvalue weighted by Crippen LogP contribution is 2.28. The van der Waals surface area contributed by atoms with Gasteiger partial charge >= 0.3 is 0 Å². The summed E-state index contributed by atoms with van der Waals surface area (Å²) in [6, 6.07) is 5.52. The Balaban J connectivity index is 2.45. The molecule has 2 rings (SSSR count). The summed E-state index contributed by atoms with van der Waals surface area (Å²) in [5.41, 5.74) is 1.71. The van der Waals surface area contributed by atoms with Gasteiger partial charge in [-0.15, -0.1) is 0 Å². The number of hydrazone groups is 1. The Morgan fingerprint density at radius 3 is 2.93 bits per heavy atom. The molecule has 0 unspecified atom stereocenters. The number of hydrogen-bond donors (Lipinski definition) is 0. The molecule has 1 aliphatic heterocycles. The molecule has 0 saturated heterocycles. The van der Waals surface area contributed by atoms with Crippen LogP contribution in [-0.2, 0) is 4.79 Å². The summed E-state index contributed by atoms with van der Waals surface area (Å²) in [5, 5.41) is 5.85. The molecular formula is C10H9ClN2O. The van der Waals surface area contributed by atoms with Gasteiger partial charge in [0.05, 0.1) is 17.1 Å². The van der Waals surface area contributed by atoms with Crippen molar-refractivity contribution in [2.75, 3.05) is 5.01 Å². The Labute approximate surface area is 87.0 Å². The average Bonchev–Trinajstić information content (AvgIpc) is 2.56. The van der Waals surface area contributed by atoms with Gasteiger partial charge in [-0.05, 0) is 24.6 Å². The van der Waals surface area contributed by atoms with E-state index in [9.17, 15) is 4.79 Å². The highest BCUT2D eigenvalue weighted by Gasteiger charge is 2.20. The lowest BCUT2D eigenvalue weighted by Gasteiger charge is -2.13. The zero-order chi connectivity index (χ0) is 10.1. The second kappa shape index (κ2) is 3.42. The Kier molecular flexibility index (Phi) is 2.25. The van der Waals surface area contributed by atoms with Gasteiger partial charge in [0.25, 0.3) is 5.91 Å². The topological polar surface area (TPSA) is 32.7 Å². The van der Waals surface area contributed by atoms with E-state index < -0.39 is 0 Å². The number of amides is 1. The minimum atomic E-state index is -0.0440. The first kappa shape index (κ1) is 9.21. The number of carbonyl (C=O) groups excluding carboxylic acids is 1. The van der Waals surface area contributed by atoms with Gasteiger partial charge in [0.2, 0.25) is 0 Å². The van der Waals surface area contributed by atoms with Crippen molar-refractivity contribution in [3.8, 4) is 0 Å². The third kappa shape index (κ3) is 1.51. The first-order valence-corrected chi connectivity index (χ1v) is 4.68. The summed E-state index contributed by atoms with van der Waals surface area (Å²) >= 11 is 5.97. The smallest absolute Gasteiger partial charge is 0.252 e. The van der Waals surface area contributed by atoms with Crippen molar-refractivity contribution in [1.29, 1.82) is 0 Å². The number of benzene rings is 1. The quantitative estimate of drug-likeness (QED) is 0.698. The third-order valence-electron chi connectivity index (χ3n) is 2.03. The lowest BCUT2D eigenvalue weighted by molar-refractivity contribution is -0.116. The molecule has 1 aliphatic rings. The summed E-state index contributed by atoms with van der Waals surface area (Å²) < 4.78 is 0. The van der Waals surface area contributed by atoms with E-state index >= 15 is 0 Å². The van der Waals surface area contributed by atoms with Crippen LogP contribution in [0, 0.1) is 6.92 Å². The monoisotopic (exact) mass is 208 g/mol. The molecule has 4 heteroatoms. The SMILES string of the molecule is Cc1ccc(Cl)c(N2N=CCC2=O)c1.